The summed E-state index contributed by atoms with van der Waals surface area (Å²) in [5, 5.41) is 6.57. The fraction of sp³-hybridized carbons (Fsp3) is 0.611. The number of rotatable bonds is 6. The molecular formula is C18H26N2O. The fourth-order valence-electron chi connectivity index (χ4n) is 3.17. The molecule has 3 rings (SSSR count). The Hall–Kier alpha value is -1.35. The summed E-state index contributed by atoms with van der Waals surface area (Å²) in [6.45, 7) is 0.900. The topological polar surface area (TPSA) is 41.1 Å². The van der Waals surface area contributed by atoms with Crippen molar-refractivity contribution in [3.63, 3.8) is 0 Å². The van der Waals surface area contributed by atoms with Crippen LogP contribution in [0, 0.1) is 5.92 Å². The summed E-state index contributed by atoms with van der Waals surface area (Å²) in [7, 11) is 0. The third kappa shape index (κ3) is 4.85. The SMILES string of the molecule is O=C(CC1CCCCC1)Nc1cccc(CNC2CC2)c1. The fourth-order valence-corrected chi connectivity index (χ4v) is 3.17. The van der Waals surface area contributed by atoms with Gasteiger partial charge in [0.25, 0.3) is 0 Å². The molecule has 1 amide bonds. The molecule has 0 radical (unpaired) electrons. The Balaban J connectivity index is 1.48. The van der Waals surface area contributed by atoms with E-state index in [-0.39, 0.29) is 5.91 Å². The molecule has 2 saturated carbocycles. The van der Waals surface area contributed by atoms with Gasteiger partial charge >= 0.3 is 0 Å². The number of hydrogen-bond acceptors (Lipinski definition) is 2. The van der Waals surface area contributed by atoms with E-state index < -0.39 is 0 Å². The van der Waals surface area contributed by atoms with Gasteiger partial charge in [0.05, 0.1) is 0 Å². The Morgan fingerprint density at radius 2 is 1.90 bits per heavy atom. The minimum atomic E-state index is 0.175. The van der Waals surface area contributed by atoms with Crippen molar-refractivity contribution in [1.29, 1.82) is 0 Å². The molecule has 21 heavy (non-hydrogen) atoms. The zero-order valence-electron chi connectivity index (χ0n) is 12.7. The molecule has 0 aromatic heterocycles. The van der Waals surface area contributed by atoms with E-state index in [0.29, 0.717) is 12.3 Å². The molecule has 0 atom stereocenters. The summed E-state index contributed by atoms with van der Waals surface area (Å²) >= 11 is 0. The lowest BCUT2D eigenvalue weighted by molar-refractivity contribution is -0.117. The molecule has 2 fully saturated rings. The molecule has 1 aromatic rings. The Morgan fingerprint density at radius 1 is 1.10 bits per heavy atom. The van der Waals surface area contributed by atoms with Crippen molar-refractivity contribution in [2.75, 3.05) is 5.32 Å². The summed E-state index contributed by atoms with van der Waals surface area (Å²) in [5.41, 5.74) is 2.18. The molecule has 0 heterocycles. The van der Waals surface area contributed by atoms with Gasteiger partial charge in [-0.1, -0.05) is 31.4 Å². The molecule has 114 valence electrons. The zero-order chi connectivity index (χ0) is 14.5. The van der Waals surface area contributed by atoms with Crippen LogP contribution < -0.4 is 10.6 Å². The second-order valence-corrected chi connectivity index (χ2v) is 6.61. The van der Waals surface area contributed by atoms with Crippen LogP contribution in [0.5, 0.6) is 0 Å². The minimum absolute atomic E-state index is 0.175. The summed E-state index contributed by atoms with van der Waals surface area (Å²) in [6, 6.07) is 8.94. The van der Waals surface area contributed by atoms with Crippen molar-refractivity contribution in [2.24, 2.45) is 5.92 Å². The van der Waals surface area contributed by atoms with Crippen molar-refractivity contribution in [3.05, 3.63) is 29.8 Å². The van der Waals surface area contributed by atoms with Crippen LogP contribution in [-0.2, 0) is 11.3 Å². The predicted octanol–water partition coefficient (Wildman–Crippen LogP) is 3.85. The van der Waals surface area contributed by atoms with Gasteiger partial charge in [-0.3, -0.25) is 4.79 Å². The van der Waals surface area contributed by atoms with Gasteiger partial charge in [-0.2, -0.15) is 0 Å². The standard InChI is InChI=1S/C18H26N2O/c21-18(12-14-5-2-1-3-6-14)20-17-8-4-7-15(11-17)13-19-16-9-10-16/h4,7-8,11,14,16,19H,1-3,5-6,9-10,12-13H2,(H,20,21). The van der Waals surface area contributed by atoms with Crippen LogP contribution in [-0.4, -0.2) is 11.9 Å². The highest BCUT2D eigenvalue weighted by atomic mass is 16.1. The van der Waals surface area contributed by atoms with Crippen molar-refractivity contribution >= 4 is 11.6 Å². The smallest absolute Gasteiger partial charge is 0.224 e. The molecular weight excluding hydrogens is 260 g/mol. The van der Waals surface area contributed by atoms with Crippen LogP contribution in [0.3, 0.4) is 0 Å². The lowest BCUT2D eigenvalue weighted by atomic mass is 9.87. The normalized spacial score (nSPS) is 19.4. The molecule has 0 unspecified atom stereocenters. The number of amides is 1. The van der Waals surface area contributed by atoms with E-state index in [1.807, 2.05) is 12.1 Å². The number of benzene rings is 1. The highest BCUT2D eigenvalue weighted by molar-refractivity contribution is 5.90. The highest BCUT2D eigenvalue weighted by Gasteiger charge is 2.20. The monoisotopic (exact) mass is 286 g/mol. The van der Waals surface area contributed by atoms with Crippen LogP contribution in [0.15, 0.2) is 24.3 Å². The molecule has 0 aliphatic heterocycles. The van der Waals surface area contributed by atoms with E-state index in [2.05, 4.69) is 22.8 Å². The lowest BCUT2D eigenvalue weighted by Gasteiger charge is -2.20. The van der Waals surface area contributed by atoms with E-state index >= 15 is 0 Å². The molecule has 2 aliphatic carbocycles. The second-order valence-electron chi connectivity index (χ2n) is 6.61. The van der Waals surface area contributed by atoms with Crippen LogP contribution in [0.1, 0.15) is 56.9 Å². The van der Waals surface area contributed by atoms with Crippen molar-refractivity contribution < 1.29 is 4.79 Å². The van der Waals surface area contributed by atoms with E-state index in [4.69, 9.17) is 0 Å². The zero-order valence-corrected chi connectivity index (χ0v) is 12.7. The molecule has 2 aliphatic rings. The molecule has 0 bridgehead atoms. The molecule has 0 saturated heterocycles. The van der Waals surface area contributed by atoms with Gasteiger partial charge in [0.2, 0.25) is 5.91 Å². The number of carbonyl (C=O) groups is 1. The van der Waals surface area contributed by atoms with Crippen LogP contribution >= 0.6 is 0 Å². The predicted molar refractivity (Wildman–Crippen MR) is 86.1 cm³/mol. The molecule has 2 N–H and O–H groups in total. The lowest BCUT2D eigenvalue weighted by Crippen LogP contribution is -2.19. The number of hydrogen-bond donors (Lipinski definition) is 2. The number of carbonyl (C=O) groups excluding carboxylic acids is 1. The first-order valence-corrected chi connectivity index (χ1v) is 8.42. The Bertz CT molecular complexity index is 476. The van der Waals surface area contributed by atoms with Gasteiger partial charge in [0.15, 0.2) is 0 Å². The highest BCUT2D eigenvalue weighted by Crippen LogP contribution is 2.26. The van der Waals surface area contributed by atoms with Crippen LogP contribution in [0.25, 0.3) is 0 Å². The van der Waals surface area contributed by atoms with Crippen LogP contribution in [0.2, 0.25) is 0 Å². The maximum absolute atomic E-state index is 12.1. The van der Waals surface area contributed by atoms with Gasteiger partial charge in [0, 0.05) is 24.7 Å². The Morgan fingerprint density at radius 3 is 2.67 bits per heavy atom. The summed E-state index contributed by atoms with van der Waals surface area (Å²) in [4.78, 5) is 12.1. The minimum Gasteiger partial charge on any atom is -0.326 e. The quantitative estimate of drug-likeness (QED) is 0.834. The van der Waals surface area contributed by atoms with E-state index in [1.165, 1.54) is 50.5 Å². The van der Waals surface area contributed by atoms with Crippen molar-refractivity contribution in [1.82, 2.24) is 5.32 Å². The molecule has 1 aromatic carbocycles. The van der Waals surface area contributed by atoms with Gasteiger partial charge in [0.1, 0.15) is 0 Å². The van der Waals surface area contributed by atoms with Crippen molar-refractivity contribution in [2.45, 2.75) is 64.0 Å². The third-order valence-corrected chi connectivity index (χ3v) is 4.58. The van der Waals surface area contributed by atoms with E-state index in [9.17, 15) is 4.79 Å². The average Bonchev–Trinajstić information content (AvgIpc) is 3.31. The molecule has 0 spiro atoms. The number of nitrogens with one attached hydrogen (secondary N) is 2. The van der Waals surface area contributed by atoms with Gasteiger partial charge < -0.3 is 10.6 Å². The first-order valence-electron chi connectivity index (χ1n) is 8.42. The average molecular weight is 286 g/mol. The largest absolute Gasteiger partial charge is 0.326 e. The van der Waals surface area contributed by atoms with Gasteiger partial charge in [-0.05, 0) is 49.3 Å². The van der Waals surface area contributed by atoms with E-state index in [0.717, 1.165) is 18.3 Å². The molecule has 3 heteroatoms. The Kier molecular flexibility index (Phi) is 4.91. The van der Waals surface area contributed by atoms with Gasteiger partial charge in [-0.25, -0.2) is 0 Å². The maximum atomic E-state index is 12.1. The number of anilines is 1. The second kappa shape index (κ2) is 7.08. The summed E-state index contributed by atoms with van der Waals surface area (Å²) in [5.74, 6) is 0.771. The first kappa shape index (κ1) is 14.6. The molecule has 3 nitrogen and oxygen atoms in total. The summed E-state index contributed by atoms with van der Waals surface area (Å²) < 4.78 is 0. The maximum Gasteiger partial charge on any atom is 0.224 e. The Labute approximate surface area is 127 Å². The first-order chi connectivity index (χ1) is 10.3. The third-order valence-electron chi connectivity index (χ3n) is 4.58. The van der Waals surface area contributed by atoms with Gasteiger partial charge in [-0.15, -0.1) is 0 Å². The van der Waals surface area contributed by atoms with Crippen molar-refractivity contribution in [3.8, 4) is 0 Å². The van der Waals surface area contributed by atoms with Crippen LogP contribution in [0.4, 0.5) is 5.69 Å². The summed E-state index contributed by atoms with van der Waals surface area (Å²) in [6.07, 6.45) is 9.66. The van der Waals surface area contributed by atoms with E-state index in [1.54, 1.807) is 0 Å².